The van der Waals surface area contributed by atoms with Crippen LogP contribution in [0.25, 0.3) is 0 Å². The lowest BCUT2D eigenvalue weighted by Crippen LogP contribution is -2.60. The molecule has 0 radical (unpaired) electrons. The number of ether oxygens (including phenoxy) is 1. The first-order chi connectivity index (χ1) is 14.8. The number of aliphatic carboxylic acids is 1. The van der Waals surface area contributed by atoms with Gasteiger partial charge in [0.2, 0.25) is 0 Å². The average molecular weight is 457 g/mol. The van der Waals surface area contributed by atoms with Crippen LogP contribution in [0.1, 0.15) is 22.3 Å². The molecule has 4 heterocycles. The minimum atomic E-state index is -5.08. The summed E-state index contributed by atoms with van der Waals surface area (Å²) in [4.78, 5) is 30.2. The number of carbonyl (C=O) groups excluding carboxylic acids is 1. The van der Waals surface area contributed by atoms with E-state index in [4.69, 9.17) is 14.6 Å². The minimum absolute atomic E-state index is 0.140. The summed E-state index contributed by atoms with van der Waals surface area (Å²) in [5.74, 6) is -2.62. The Kier molecular flexibility index (Phi) is 7.63. The Balaban J connectivity index is 0.000000339. The molecule has 2 aromatic heterocycles. The first-order valence-electron chi connectivity index (χ1n) is 9.62. The number of carboxylic acids is 1. The van der Waals surface area contributed by atoms with Crippen molar-refractivity contribution in [3.8, 4) is 0 Å². The fourth-order valence-corrected chi connectivity index (χ4v) is 4.25. The number of hydrogen-bond donors (Lipinski definition) is 1. The SMILES string of the molecule is O=C(O)C(F)(F)F.O=C(c1ccsc1)N1CC[C@@H]2OCCN(Cc3cccnc3)[C@H]2C1. The average Bonchev–Trinajstić information content (AvgIpc) is 3.29. The first kappa shape index (κ1) is 23.2. The van der Waals surface area contributed by atoms with Crippen molar-refractivity contribution in [1.29, 1.82) is 0 Å². The van der Waals surface area contributed by atoms with E-state index in [0.29, 0.717) is 0 Å². The molecule has 0 aliphatic carbocycles. The summed E-state index contributed by atoms with van der Waals surface area (Å²) in [6, 6.07) is 6.24. The maximum Gasteiger partial charge on any atom is 0.490 e. The highest BCUT2D eigenvalue weighted by molar-refractivity contribution is 7.08. The summed E-state index contributed by atoms with van der Waals surface area (Å²) in [6.07, 6.45) is -0.235. The number of carboxylic acid groups (broad SMARTS) is 1. The maximum atomic E-state index is 12.7. The maximum absolute atomic E-state index is 12.7. The number of rotatable bonds is 3. The second-order valence-electron chi connectivity index (χ2n) is 7.16. The van der Waals surface area contributed by atoms with Gasteiger partial charge in [-0.05, 0) is 29.5 Å². The lowest BCUT2D eigenvalue weighted by Gasteiger charge is -2.47. The van der Waals surface area contributed by atoms with E-state index in [2.05, 4.69) is 16.0 Å². The molecule has 168 valence electrons. The molecule has 2 atom stereocenters. The zero-order valence-electron chi connectivity index (χ0n) is 16.5. The number of pyridine rings is 1. The first-order valence-corrected chi connectivity index (χ1v) is 10.6. The van der Waals surface area contributed by atoms with E-state index >= 15 is 0 Å². The number of piperidine rings is 1. The second kappa shape index (κ2) is 10.2. The molecule has 11 heteroatoms. The van der Waals surface area contributed by atoms with Crippen LogP contribution in [-0.2, 0) is 16.1 Å². The molecule has 4 rings (SSSR count). The molecule has 0 bridgehead atoms. The topological polar surface area (TPSA) is 83.0 Å². The highest BCUT2D eigenvalue weighted by Crippen LogP contribution is 2.26. The van der Waals surface area contributed by atoms with E-state index in [0.717, 1.165) is 44.8 Å². The molecule has 2 aliphatic rings. The zero-order valence-corrected chi connectivity index (χ0v) is 17.3. The molecule has 2 aromatic rings. The van der Waals surface area contributed by atoms with Crippen molar-refractivity contribution in [3.05, 3.63) is 52.5 Å². The smallest absolute Gasteiger partial charge is 0.475 e. The molecule has 0 unspecified atom stereocenters. The van der Waals surface area contributed by atoms with Gasteiger partial charge in [0.15, 0.2) is 0 Å². The van der Waals surface area contributed by atoms with Gasteiger partial charge in [0.05, 0.1) is 24.3 Å². The van der Waals surface area contributed by atoms with Crippen molar-refractivity contribution in [1.82, 2.24) is 14.8 Å². The summed E-state index contributed by atoms with van der Waals surface area (Å²) in [5, 5.41) is 11.0. The second-order valence-corrected chi connectivity index (χ2v) is 7.94. The van der Waals surface area contributed by atoms with Gasteiger partial charge in [0.1, 0.15) is 0 Å². The normalized spacial score (nSPS) is 21.6. The van der Waals surface area contributed by atoms with Crippen molar-refractivity contribution in [2.24, 2.45) is 0 Å². The molecule has 1 N–H and O–H groups in total. The van der Waals surface area contributed by atoms with Crippen LogP contribution >= 0.6 is 11.3 Å². The number of likely N-dealkylation sites (tertiary alicyclic amines) is 1. The Labute approximate surface area is 181 Å². The molecular weight excluding hydrogens is 435 g/mol. The Bertz CT molecular complexity index is 864. The van der Waals surface area contributed by atoms with E-state index in [-0.39, 0.29) is 18.1 Å². The summed E-state index contributed by atoms with van der Waals surface area (Å²) >= 11 is 1.57. The lowest BCUT2D eigenvalue weighted by atomic mass is 9.97. The van der Waals surface area contributed by atoms with E-state index in [1.165, 1.54) is 5.56 Å². The quantitative estimate of drug-likeness (QED) is 0.763. The van der Waals surface area contributed by atoms with Crippen molar-refractivity contribution < 1.29 is 32.6 Å². The largest absolute Gasteiger partial charge is 0.490 e. The van der Waals surface area contributed by atoms with Crippen LogP contribution in [0.5, 0.6) is 0 Å². The van der Waals surface area contributed by atoms with Gasteiger partial charge < -0.3 is 14.7 Å². The number of fused-ring (bicyclic) bond motifs is 1. The molecule has 31 heavy (non-hydrogen) atoms. The predicted molar refractivity (Wildman–Crippen MR) is 107 cm³/mol. The van der Waals surface area contributed by atoms with Gasteiger partial charge in [-0.25, -0.2) is 4.79 Å². The van der Waals surface area contributed by atoms with E-state index in [1.807, 2.05) is 34.0 Å². The minimum Gasteiger partial charge on any atom is -0.475 e. The van der Waals surface area contributed by atoms with Gasteiger partial charge in [-0.15, -0.1) is 0 Å². The number of morpholine rings is 1. The molecule has 7 nitrogen and oxygen atoms in total. The van der Waals surface area contributed by atoms with Crippen molar-refractivity contribution in [2.75, 3.05) is 26.2 Å². The Morgan fingerprint density at radius 2 is 2.06 bits per heavy atom. The number of nitrogens with zero attached hydrogens (tertiary/aromatic N) is 3. The number of amides is 1. The third kappa shape index (κ3) is 6.25. The number of hydrogen-bond acceptors (Lipinski definition) is 6. The molecule has 1 amide bonds. The third-order valence-electron chi connectivity index (χ3n) is 5.11. The number of halogens is 3. The van der Waals surface area contributed by atoms with Gasteiger partial charge in [0.25, 0.3) is 5.91 Å². The monoisotopic (exact) mass is 457 g/mol. The van der Waals surface area contributed by atoms with E-state index in [9.17, 15) is 18.0 Å². The molecule has 2 fully saturated rings. The van der Waals surface area contributed by atoms with Crippen LogP contribution in [0.4, 0.5) is 13.2 Å². The predicted octanol–water partition coefficient (Wildman–Crippen LogP) is 2.89. The van der Waals surface area contributed by atoms with Crippen LogP contribution in [0.3, 0.4) is 0 Å². The van der Waals surface area contributed by atoms with Crippen molar-refractivity contribution in [2.45, 2.75) is 31.3 Å². The lowest BCUT2D eigenvalue weighted by molar-refractivity contribution is -0.192. The Morgan fingerprint density at radius 1 is 1.29 bits per heavy atom. The van der Waals surface area contributed by atoms with E-state index < -0.39 is 12.1 Å². The Morgan fingerprint density at radius 3 is 2.68 bits per heavy atom. The van der Waals surface area contributed by atoms with Gasteiger partial charge >= 0.3 is 12.1 Å². The number of carbonyl (C=O) groups is 2. The summed E-state index contributed by atoms with van der Waals surface area (Å²) in [7, 11) is 0. The molecule has 2 aliphatic heterocycles. The highest BCUT2D eigenvalue weighted by Gasteiger charge is 2.39. The Hall–Kier alpha value is -2.50. The standard InChI is InChI=1S/C18H21N3O2S.C2HF3O2/c22-18(15-4-9-24-13-15)21-6-3-17-16(12-21)20(7-8-23-17)11-14-2-1-5-19-10-14;3-2(4,5)1(6)7/h1-2,4-5,9-10,13,16-17H,3,6-8,11-12H2;(H,6,7)/t16-,17-;/m0./s1. The third-order valence-corrected chi connectivity index (χ3v) is 5.79. The van der Waals surface area contributed by atoms with Gasteiger partial charge in [-0.3, -0.25) is 14.7 Å². The van der Waals surface area contributed by atoms with Crippen molar-refractivity contribution in [3.63, 3.8) is 0 Å². The molecule has 0 spiro atoms. The van der Waals surface area contributed by atoms with Crippen LogP contribution in [0.2, 0.25) is 0 Å². The zero-order chi connectivity index (χ0) is 22.4. The van der Waals surface area contributed by atoms with Crippen LogP contribution in [-0.4, -0.2) is 76.3 Å². The molecule has 2 saturated heterocycles. The number of aromatic nitrogens is 1. The number of alkyl halides is 3. The summed E-state index contributed by atoms with van der Waals surface area (Å²) in [5.41, 5.74) is 2.01. The molecule has 0 saturated carbocycles. The molecule has 0 aromatic carbocycles. The van der Waals surface area contributed by atoms with Gasteiger partial charge in [-0.2, -0.15) is 24.5 Å². The van der Waals surface area contributed by atoms with Gasteiger partial charge in [-0.1, -0.05) is 6.07 Å². The van der Waals surface area contributed by atoms with E-state index in [1.54, 1.807) is 17.5 Å². The summed E-state index contributed by atoms with van der Waals surface area (Å²) < 4.78 is 37.7. The van der Waals surface area contributed by atoms with Crippen molar-refractivity contribution >= 4 is 23.2 Å². The highest BCUT2D eigenvalue weighted by atomic mass is 32.1. The number of thiophene rings is 1. The van der Waals surface area contributed by atoms with Crippen LogP contribution in [0, 0.1) is 0 Å². The van der Waals surface area contributed by atoms with Crippen LogP contribution in [0.15, 0.2) is 41.4 Å². The van der Waals surface area contributed by atoms with Gasteiger partial charge in [0, 0.05) is 44.0 Å². The molecular formula is C20H22F3N3O4S. The van der Waals surface area contributed by atoms with Crippen LogP contribution < -0.4 is 0 Å². The summed E-state index contributed by atoms with van der Waals surface area (Å²) in [6.45, 7) is 4.03. The fourth-order valence-electron chi connectivity index (χ4n) is 3.62. The fraction of sp³-hybridized carbons (Fsp3) is 0.450.